The molecule has 0 aliphatic heterocycles. The van der Waals surface area contributed by atoms with Gasteiger partial charge in [0.2, 0.25) is 11.8 Å². The van der Waals surface area contributed by atoms with Crippen LogP contribution < -0.4 is 15.4 Å². The quantitative estimate of drug-likeness (QED) is 0.356. The van der Waals surface area contributed by atoms with Crippen LogP contribution in [0.4, 0.5) is 23.3 Å². The van der Waals surface area contributed by atoms with E-state index in [9.17, 15) is 0 Å². The van der Waals surface area contributed by atoms with E-state index in [1.807, 2.05) is 54.1 Å². The highest BCUT2D eigenvalue weighted by atomic mass is 35.5. The summed E-state index contributed by atoms with van der Waals surface area (Å²) in [5, 5.41) is 7.12. The minimum absolute atomic E-state index is 0.362. The van der Waals surface area contributed by atoms with Gasteiger partial charge in [-0.05, 0) is 43.3 Å². The molecular weight excluding hydrogens is 448 g/mol. The molecule has 2 N–H and O–H groups in total. The zero-order chi connectivity index (χ0) is 22.1. The Labute approximate surface area is 192 Å². The summed E-state index contributed by atoms with van der Waals surface area (Å²) in [4.78, 5) is 22.3. The smallest absolute Gasteiger partial charge is 0.240 e. The molecule has 0 saturated carbocycles. The summed E-state index contributed by atoms with van der Waals surface area (Å²) in [7, 11) is 1.57. The standard InChI is InChI=1S/C21H17ClN8OS/c1-12-9-30(10-23-12)15-7-8-16(26-20(15)31-2)27-21-28-18-17(32-11-24-18)19(29-21)25-14-5-3-13(22)4-6-14/h3-11H,1-2H3,(H2,25,26,27,28,29). The molecule has 160 valence electrons. The second-order valence-corrected chi connectivity index (χ2v) is 8.10. The lowest BCUT2D eigenvalue weighted by atomic mass is 10.3. The summed E-state index contributed by atoms with van der Waals surface area (Å²) in [6, 6.07) is 11.1. The van der Waals surface area contributed by atoms with Gasteiger partial charge in [-0.15, -0.1) is 11.3 Å². The molecule has 0 bridgehead atoms. The van der Waals surface area contributed by atoms with Gasteiger partial charge >= 0.3 is 0 Å². The minimum Gasteiger partial charge on any atom is -0.479 e. The van der Waals surface area contributed by atoms with E-state index in [0.717, 1.165) is 21.8 Å². The Morgan fingerprint density at radius 2 is 1.84 bits per heavy atom. The number of pyridine rings is 1. The number of hydrogen-bond donors (Lipinski definition) is 2. The average Bonchev–Trinajstić information content (AvgIpc) is 3.44. The molecule has 0 atom stereocenters. The largest absolute Gasteiger partial charge is 0.479 e. The van der Waals surface area contributed by atoms with E-state index in [4.69, 9.17) is 16.3 Å². The van der Waals surface area contributed by atoms with Crippen molar-refractivity contribution in [2.24, 2.45) is 0 Å². The first-order valence-electron chi connectivity index (χ1n) is 9.56. The van der Waals surface area contributed by atoms with Crippen molar-refractivity contribution in [2.45, 2.75) is 6.92 Å². The Morgan fingerprint density at radius 1 is 1.00 bits per heavy atom. The van der Waals surface area contributed by atoms with Crippen LogP contribution in [0.25, 0.3) is 16.0 Å². The maximum Gasteiger partial charge on any atom is 0.240 e. The van der Waals surface area contributed by atoms with Crippen LogP contribution in [0.15, 0.2) is 54.4 Å². The molecule has 0 fully saturated rings. The number of hydrogen-bond acceptors (Lipinski definition) is 9. The number of anilines is 4. The molecule has 4 aromatic heterocycles. The van der Waals surface area contributed by atoms with Crippen LogP contribution in [0.5, 0.6) is 5.88 Å². The molecule has 0 saturated heterocycles. The van der Waals surface area contributed by atoms with Crippen molar-refractivity contribution >= 4 is 56.6 Å². The number of methoxy groups -OCH3 is 1. The molecule has 4 heterocycles. The van der Waals surface area contributed by atoms with Crippen LogP contribution in [-0.2, 0) is 0 Å². The first kappa shape index (κ1) is 20.2. The molecule has 11 heteroatoms. The lowest BCUT2D eigenvalue weighted by Gasteiger charge is -2.12. The van der Waals surface area contributed by atoms with Crippen molar-refractivity contribution < 1.29 is 4.74 Å². The van der Waals surface area contributed by atoms with Gasteiger partial charge in [0.15, 0.2) is 11.5 Å². The molecule has 5 aromatic rings. The molecule has 0 radical (unpaired) electrons. The van der Waals surface area contributed by atoms with Crippen molar-refractivity contribution in [3.63, 3.8) is 0 Å². The fourth-order valence-electron chi connectivity index (χ4n) is 3.09. The fraction of sp³-hybridized carbons (Fsp3) is 0.0952. The number of fused-ring (bicyclic) bond motifs is 1. The predicted molar refractivity (Wildman–Crippen MR) is 126 cm³/mol. The van der Waals surface area contributed by atoms with E-state index >= 15 is 0 Å². The zero-order valence-corrected chi connectivity index (χ0v) is 18.6. The summed E-state index contributed by atoms with van der Waals surface area (Å²) < 4.78 is 8.19. The molecule has 32 heavy (non-hydrogen) atoms. The van der Waals surface area contributed by atoms with E-state index in [1.165, 1.54) is 11.3 Å². The molecule has 0 aliphatic carbocycles. The van der Waals surface area contributed by atoms with Gasteiger partial charge in [0.1, 0.15) is 16.2 Å². The second-order valence-electron chi connectivity index (χ2n) is 6.81. The molecule has 0 aliphatic rings. The third-order valence-corrected chi connectivity index (χ3v) is 5.64. The predicted octanol–water partition coefficient (Wildman–Crippen LogP) is 5.12. The number of thiazole rings is 1. The number of benzene rings is 1. The van der Waals surface area contributed by atoms with Crippen molar-refractivity contribution in [3.8, 4) is 11.6 Å². The third-order valence-electron chi connectivity index (χ3n) is 4.56. The molecule has 5 rings (SSSR count). The number of aromatic nitrogens is 6. The Balaban J connectivity index is 1.47. The van der Waals surface area contributed by atoms with E-state index < -0.39 is 0 Å². The normalized spacial score (nSPS) is 11.0. The molecule has 9 nitrogen and oxygen atoms in total. The third kappa shape index (κ3) is 4.05. The lowest BCUT2D eigenvalue weighted by molar-refractivity contribution is 0.396. The second kappa shape index (κ2) is 8.40. The Kier molecular flexibility index (Phi) is 5.29. The van der Waals surface area contributed by atoms with E-state index in [2.05, 4.69) is 35.6 Å². The van der Waals surface area contributed by atoms with Crippen molar-refractivity contribution in [3.05, 3.63) is 65.1 Å². The molecule has 0 spiro atoms. The number of rotatable bonds is 6. The van der Waals surface area contributed by atoms with Gasteiger partial charge in [-0.2, -0.15) is 15.0 Å². The average molecular weight is 465 g/mol. The van der Waals surface area contributed by atoms with E-state index in [-0.39, 0.29) is 0 Å². The SMILES string of the molecule is COc1nc(Nc2nc(Nc3ccc(Cl)cc3)c3scnc3n2)ccc1-n1cnc(C)c1. The summed E-state index contributed by atoms with van der Waals surface area (Å²) >= 11 is 7.45. The zero-order valence-electron chi connectivity index (χ0n) is 17.1. The van der Waals surface area contributed by atoms with Crippen LogP contribution in [0.3, 0.4) is 0 Å². The van der Waals surface area contributed by atoms with Crippen molar-refractivity contribution in [1.82, 2.24) is 29.5 Å². The van der Waals surface area contributed by atoms with E-state index in [0.29, 0.717) is 34.1 Å². The van der Waals surface area contributed by atoms with Gasteiger partial charge < -0.3 is 19.9 Å². The van der Waals surface area contributed by atoms with E-state index in [1.54, 1.807) is 18.9 Å². The molecule has 1 aromatic carbocycles. The minimum atomic E-state index is 0.362. The Hall–Kier alpha value is -3.76. The molecule has 0 amide bonds. The van der Waals surface area contributed by atoms with Crippen LogP contribution >= 0.6 is 22.9 Å². The highest BCUT2D eigenvalue weighted by Crippen LogP contribution is 2.30. The maximum atomic E-state index is 5.99. The number of nitrogens with one attached hydrogen (secondary N) is 2. The highest BCUT2D eigenvalue weighted by Gasteiger charge is 2.13. The maximum absolute atomic E-state index is 5.99. The first-order valence-corrected chi connectivity index (χ1v) is 10.8. The fourth-order valence-corrected chi connectivity index (χ4v) is 3.89. The summed E-state index contributed by atoms with van der Waals surface area (Å²) in [6.45, 7) is 1.92. The van der Waals surface area contributed by atoms with Gasteiger partial charge in [0.05, 0.1) is 24.6 Å². The van der Waals surface area contributed by atoms with Gasteiger partial charge in [-0.25, -0.2) is 9.97 Å². The highest BCUT2D eigenvalue weighted by molar-refractivity contribution is 7.17. The van der Waals surface area contributed by atoms with Crippen LogP contribution in [-0.4, -0.2) is 36.6 Å². The van der Waals surface area contributed by atoms with Gasteiger partial charge in [0, 0.05) is 16.9 Å². The van der Waals surface area contributed by atoms with Crippen LogP contribution in [0, 0.1) is 6.92 Å². The Bertz CT molecular complexity index is 1400. The topological polar surface area (TPSA) is 103 Å². The number of halogens is 1. The van der Waals surface area contributed by atoms with Gasteiger partial charge in [-0.1, -0.05) is 11.6 Å². The summed E-state index contributed by atoms with van der Waals surface area (Å²) in [6.07, 6.45) is 3.62. The van der Waals surface area contributed by atoms with Crippen molar-refractivity contribution in [1.29, 1.82) is 0 Å². The van der Waals surface area contributed by atoms with Gasteiger partial charge in [-0.3, -0.25) is 0 Å². The van der Waals surface area contributed by atoms with Gasteiger partial charge in [0.25, 0.3) is 0 Å². The summed E-state index contributed by atoms with van der Waals surface area (Å²) in [5.74, 6) is 1.98. The number of aryl methyl sites for hydroxylation is 1. The Morgan fingerprint density at radius 3 is 2.59 bits per heavy atom. The molecular formula is C21H17ClN8OS. The lowest BCUT2D eigenvalue weighted by Crippen LogP contribution is -2.04. The molecule has 0 unspecified atom stereocenters. The number of imidazole rings is 1. The van der Waals surface area contributed by atoms with Crippen molar-refractivity contribution in [2.75, 3.05) is 17.7 Å². The van der Waals surface area contributed by atoms with Crippen LogP contribution in [0.2, 0.25) is 5.02 Å². The summed E-state index contributed by atoms with van der Waals surface area (Å²) in [5.41, 5.74) is 4.86. The first-order chi connectivity index (χ1) is 15.6. The number of nitrogens with zero attached hydrogens (tertiary/aromatic N) is 6. The number of ether oxygens (including phenoxy) is 1. The van der Waals surface area contributed by atoms with Crippen LogP contribution in [0.1, 0.15) is 5.69 Å². The monoisotopic (exact) mass is 464 g/mol.